The van der Waals surface area contributed by atoms with E-state index in [1.165, 1.54) is 64.7 Å². The predicted molar refractivity (Wildman–Crippen MR) is 69.8 cm³/mol. The van der Waals surface area contributed by atoms with Crippen LogP contribution in [0.1, 0.15) is 52.4 Å². The molecule has 16 heavy (non-hydrogen) atoms. The third kappa shape index (κ3) is 3.21. The molecule has 0 aromatic heterocycles. The normalized spacial score (nSPS) is 30.6. The molecule has 0 radical (unpaired) electrons. The minimum Gasteiger partial charge on any atom is -0.298 e. The Hall–Kier alpha value is -0.0800. The van der Waals surface area contributed by atoms with Crippen molar-refractivity contribution in [1.82, 2.24) is 9.80 Å². The van der Waals surface area contributed by atoms with Crippen molar-refractivity contribution in [2.45, 2.75) is 64.5 Å². The highest BCUT2D eigenvalue weighted by atomic mass is 15.3. The molecule has 0 N–H and O–H groups in total. The maximum atomic E-state index is 2.77. The highest BCUT2D eigenvalue weighted by Crippen LogP contribution is 2.21. The Balaban J connectivity index is 1.91. The van der Waals surface area contributed by atoms with E-state index in [1.807, 2.05) is 0 Å². The molecule has 0 amide bonds. The third-order valence-corrected chi connectivity index (χ3v) is 4.35. The van der Waals surface area contributed by atoms with E-state index in [1.54, 1.807) is 0 Å². The summed E-state index contributed by atoms with van der Waals surface area (Å²) in [7, 11) is 0. The average molecular weight is 224 g/mol. The zero-order valence-corrected chi connectivity index (χ0v) is 11.1. The quantitative estimate of drug-likeness (QED) is 0.676. The Morgan fingerprint density at radius 1 is 0.875 bits per heavy atom. The molecule has 2 aliphatic rings. The van der Waals surface area contributed by atoms with Gasteiger partial charge < -0.3 is 0 Å². The summed E-state index contributed by atoms with van der Waals surface area (Å²) >= 11 is 0. The lowest BCUT2D eigenvalue weighted by Gasteiger charge is -2.43. The Morgan fingerprint density at radius 3 is 2.44 bits per heavy atom. The second-order valence-corrected chi connectivity index (χ2v) is 5.83. The molecule has 0 spiro atoms. The van der Waals surface area contributed by atoms with E-state index in [0.29, 0.717) is 0 Å². The lowest BCUT2D eigenvalue weighted by atomic mass is 10.0. The van der Waals surface area contributed by atoms with Crippen LogP contribution >= 0.6 is 0 Å². The fraction of sp³-hybridized carbons (Fsp3) is 1.00. The van der Waals surface area contributed by atoms with Crippen molar-refractivity contribution >= 4 is 0 Å². The van der Waals surface area contributed by atoms with Gasteiger partial charge in [0.05, 0.1) is 0 Å². The van der Waals surface area contributed by atoms with Gasteiger partial charge in [-0.2, -0.15) is 0 Å². The number of piperazine rings is 1. The summed E-state index contributed by atoms with van der Waals surface area (Å²) in [4.78, 5) is 5.43. The number of hydrogen-bond acceptors (Lipinski definition) is 2. The van der Waals surface area contributed by atoms with Crippen LogP contribution in [0.3, 0.4) is 0 Å². The van der Waals surface area contributed by atoms with E-state index in [4.69, 9.17) is 0 Å². The van der Waals surface area contributed by atoms with Gasteiger partial charge in [0, 0.05) is 31.7 Å². The minimum absolute atomic E-state index is 0.731. The molecule has 0 aromatic rings. The molecular formula is C14H28N2. The first-order valence-electron chi connectivity index (χ1n) is 7.25. The summed E-state index contributed by atoms with van der Waals surface area (Å²) < 4.78 is 0. The molecule has 1 unspecified atom stereocenters. The number of fused-ring (bicyclic) bond motifs is 1. The van der Waals surface area contributed by atoms with Gasteiger partial charge in [0.2, 0.25) is 0 Å². The van der Waals surface area contributed by atoms with E-state index in [-0.39, 0.29) is 0 Å². The standard InChI is InChI=1S/C14H28N2/c1-13(2)16-11-10-15-9-7-5-3-4-6-8-14(15)12-16/h13-14H,3-12H2,1-2H3. The summed E-state index contributed by atoms with van der Waals surface area (Å²) in [5, 5.41) is 0. The lowest BCUT2D eigenvalue weighted by Crippen LogP contribution is -2.54. The van der Waals surface area contributed by atoms with E-state index in [2.05, 4.69) is 23.6 Å². The highest BCUT2D eigenvalue weighted by Gasteiger charge is 2.27. The molecule has 2 nitrogen and oxygen atoms in total. The van der Waals surface area contributed by atoms with Gasteiger partial charge in [-0.3, -0.25) is 9.80 Å². The van der Waals surface area contributed by atoms with Gasteiger partial charge in [-0.25, -0.2) is 0 Å². The van der Waals surface area contributed by atoms with Gasteiger partial charge in [0.25, 0.3) is 0 Å². The largest absolute Gasteiger partial charge is 0.298 e. The Morgan fingerprint density at radius 2 is 1.62 bits per heavy atom. The number of nitrogens with zero attached hydrogens (tertiary/aromatic N) is 2. The topological polar surface area (TPSA) is 6.48 Å². The summed E-state index contributed by atoms with van der Waals surface area (Å²) in [6, 6.07) is 1.59. The van der Waals surface area contributed by atoms with Crippen LogP contribution in [0.5, 0.6) is 0 Å². The van der Waals surface area contributed by atoms with Crippen LogP contribution in [0.2, 0.25) is 0 Å². The van der Waals surface area contributed by atoms with E-state index >= 15 is 0 Å². The highest BCUT2D eigenvalue weighted by molar-refractivity contribution is 4.84. The first-order valence-corrected chi connectivity index (χ1v) is 7.25. The molecular weight excluding hydrogens is 196 g/mol. The van der Waals surface area contributed by atoms with Crippen LogP contribution in [0.4, 0.5) is 0 Å². The molecule has 0 aliphatic carbocycles. The SMILES string of the molecule is CC(C)N1CCN2CCCCCCCC2C1. The molecule has 0 bridgehead atoms. The maximum absolute atomic E-state index is 2.77. The smallest absolute Gasteiger partial charge is 0.0223 e. The van der Waals surface area contributed by atoms with Gasteiger partial charge in [0.15, 0.2) is 0 Å². The first kappa shape index (κ1) is 12.4. The monoisotopic (exact) mass is 224 g/mol. The van der Waals surface area contributed by atoms with Crippen molar-refractivity contribution in [3.63, 3.8) is 0 Å². The molecule has 1 atom stereocenters. The minimum atomic E-state index is 0.731. The lowest BCUT2D eigenvalue weighted by molar-refractivity contribution is 0.0521. The molecule has 0 saturated carbocycles. The Bertz CT molecular complexity index is 203. The van der Waals surface area contributed by atoms with Crippen molar-refractivity contribution in [3.8, 4) is 0 Å². The molecule has 2 heteroatoms. The van der Waals surface area contributed by atoms with Crippen LogP contribution in [0.25, 0.3) is 0 Å². The summed E-state index contributed by atoms with van der Waals surface area (Å²) in [5.74, 6) is 0. The summed E-state index contributed by atoms with van der Waals surface area (Å²) in [6.07, 6.45) is 8.70. The molecule has 0 aromatic carbocycles. The molecule has 2 aliphatic heterocycles. The summed E-state index contributed by atoms with van der Waals surface area (Å²) in [5.41, 5.74) is 0. The Kier molecular flexibility index (Phi) is 4.66. The maximum Gasteiger partial charge on any atom is 0.0223 e. The van der Waals surface area contributed by atoms with Crippen molar-refractivity contribution in [2.24, 2.45) is 0 Å². The van der Waals surface area contributed by atoms with Crippen molar-refractivity contribution < 1.29 is 0 Å². The van der Waals surface area contributed by atoms with Gasteiger partial charge in [-0.15, -0.1) is 0 Å². The summed E-state index contributed by atoms with van der Waals surface area (Å²) in [6.45, 7) is 9.95. The Labute approximate surface area is 101 Å². The molecule has 2 saturated heterocycles. The van der Waals surface area contributed by atoms with E-state index in [0.717, 1.165) is 12.1 Å². The van der Waals surface area contributed by atoms with Gasteiger partial charge in [-0.1, -0.05) is 25.7 Å². The molecule has 2 fully saturated rings. The number of hydrogen-bond donors (Lipinski definition) is 0. The van der Waals surface area contributed by atoms with Gasteiger partial charge in [0.1, 0.15) is 0 Å². The fourth-order valence-corrected chi connectivity index (χ4v) is 3.18. The first-order chi connectivity index (χ1) is 7.77. The van der Waals surface area contributed by atoms with Crippen molar-refractivity contribution in [2.75, 3.05) is 26.2 Å². The zero-order chi connectivity index (χ0) is 11.4. The van der Waals surface area contributed by atoms with Crippen LogP contribution < -0.4 is 0 Å². The van der Waals surface area contributed by atoms with E-state index < -0.39 is 0 Å². The zero-order valence-electron chi connectivity index (χ0n) is 11.1. The van der Waals surface area contributed by atoms with Crippen molar-refractivity contribution in [1.29, 1.82) is 0 Å². The molecule has 2 rings (SSSR count). The number of rotatable bonds is 1. The average Bonchev–Trinajstić information content (AvgIpc) is 2.39. The predicted octanol–water partition coefficient (Wildman–Crippen LogP) is 2.74. The third-order valence-electron chi connectivity index (χ3n) is 4.35. The van der Waals surface area contributed by atoms with E-state index in [9.17, 15) is 0 Å². The van der Waals surface area contributed by atoms with Crippen LogP contribution in [-0.4, -0.2) is 48.1 Å². The van der Waals surface area contributed by atoms with Gasteiger partial charge >= 0.3 is 0 Å². The second-order valence-electron chi connectivity index (χ2n) is 5.83. The fourth-order valence-electron chi connectivity index (χ4n) is 3.18. The molecule has 2 heterocycles. The van der Waals surface area contributed by atoms with Crippen molar-refractivity contribution in [3.05, 3.63) is 0 Å². The molecule has 94 valence electrons. The second kappa shape index (κ2) is 6.02. The van der Waals surface area contributed by atoms with Gasteiger partial charge in [-0.05, 0) is 33.2 Å². The van der Waals surface area contributed by atoms with Crippen LogP contribution in [-0.2, 0) is 0 Å². The van der Waals surface area contributed by atoms with Crippen LogP contribution in [0.15, 0.2) is 0 Å². The van der Waals surface area contributed by atoms with Crippen LogP contribution in [0, 0.1) is 0 Å².